The molecule has 0 saturated carbocycles. The van der Waals surface area contributed by atoms with E-state index in [2.05, 4.69) is 4.98 Å². The number of rotatable bonds is 2. The molecule has 0 bridgehead atoms. The van der Waals surface area contributed by atoms with E-state index in [1.54, 1.807) is 0 Å². The normalized spacial score (nSPS) is 10.4. The van der Waals surface area contributed by atoms with Crippen molar-refractivity contribution in [2.75, 3.05) is 5.73 Å². The first-order valence-corrected chi connectivity index (χ1v) is 3.20. The highest BCUT2D eigenvalue weighted by atomic mass is 19.3. The Kier molecular flexibility index (Phi) is 2.36. The third-order valence-corrected chi connectivity index (χ3v) is 1.35. The van der Waals surface area contributed by atoms with E-state index in [0.29, 0.717) is 6.07 Å². The van der Waals surface area contributed by atoms with Gasteiger partial charge in [-0.3, -0.25) is 15.1 Å². The zero-order chi connectivity index (χ0) is 10.0. The Hall–Kier alpha value is -1.79. The van der Waals surface area contributed by atoms with E-state index in [4.69, 9.17) is 5.73 Å². The lowest BCUT2D eigenvalue weighted by Gasteiger charge is -1.99. The van der Waals surface area contributed by atoms with Gasteiger partial charge in [-0.05, 0) is 0 Å². The Morgan fingerprint density at radius 3 is 2.69 bits per heavy atom. The molecule has 0 amide bonds. The molecule has 0 radical (unpaired) electrons. The fraction of sp³-hybridized carbons (Fsp3) is 0.167. The van der Waals surface area contributed by atoms with Gasteiger partial charge in [0.2, 0.25) is 0 Å². The predicted molar refractivity (Wildman–Crippen MR) is 40.3 cm³/mol. The van der Waals surface area contributed by atoms with Gasteiger partial charge in [-0.25, -0.2) is 8.78 Å². The number of nitrogens with two attached hydrogens (primary N) is 1. The fourth-order valence-corrected chi connectivity index (χ4v) is 0.748. The van der Waals surface area contributed by atoms with E-state index in [-0.39, 0.29) is 5.69 Å². The van der Waals surface area contributed by atoms with Crippen LogP contribution in [-0.4, -0.2) is 9.91 Å². The van der Waals surface area contributed by atoms with E-state index in [9.17, 15) is 18.9 Å². The summed E-state index contributed by atoms with van der Waals surface area (Å²) in [5, 5.41) is 10.2. The lowest BCUT2D eigenvalue weighted by Crippen LogP contribution is -1.99. The van der Waals surface area contributed by atoms with Gasteiger partial charge in [0, 0.05) is 6.07 Å². The van der Waals surface area contributed by atoms with Crippen molar-refractivity contribution in [1.82, 2.24) is 4.98 Å². The van der Waals surface area contributed by atoms with Crippen molar-refractivity contribution in [3.05, 3.63) is 28.1 Å². The maximum absolute atomic E-state index is 12.0. The Balaban J connectivity index is 3.19. The van der Waals surface area contributed by atoms with Crippen molar-refractivity contribution in [2.45, 2.75) is 6.43 Å². The Morgan fingerprint density at radius 2 is 2.23 bits per heavy atom. The number of nitrogen functional groups attached to an aromatic ring is 1. The molecule has 1 heterocycles. The molecule has 1 rings (SSSR count). The van der Waals surface area contributed by atoms with Gasteiger partial charge in [0.1, 0.15) is 11.4 Å². The van der Waals surface area contributed by atoms with Gasteiger partial charge >= 0.3 is 0 Å². The second kappa shape index (κ2) is 3.30. The molecule has 7 heteroatoms. The summed E-state index contributed by atoms with van der Waals surface area (Å²) in [6.07, 6.45) is -1.99. The van der Waals surface area contributed by atoms with Crippen LogP contribution < -0.4 is 5.73 Å². The highest BCUT2D eigenvalue weighted by Gasteiger charge is 2.17. The maximum Gasteiger partial charge on any atom is 0.295 e. The van der Waals surface area contributed by atoms with Crippen LogP contribution in [0.1, 0.15) is 12.1 Å². The van der Waals surface area contributed by atoms with Gasteiger partial charge in [0.25, 0.3) is 12.1 Å². The highest BCUT2D eigenvalue weighted by Crippen LogP contribution is 2.25. The summed E-state index contributed by atoms with van der Waals surface area (Å²) in [5.41, 5.74) is 3.71. The van der Waals surface area contributed by atoms with Crippen LogP contribution in [0.2, 0.25) is 0 Å². The number of halogens is 2. The van der Waals surface area contributed by atoms with Crippen LogP contribution in [0.3, 0.4) is 0 Å². The molecule has 0 spiro atoms. The molecule has 0 unspecified atom stereocenters. The van der Waals surface area contributed by atoms with Crippen molar-refractivity contribution < 1.29 is 13.7 Å². The summed E-state index contributed by atoms with van der Waals surface area (Å²) >= 11 is 0. The summed E-state index contributed by atoms with van der Waals surface area (Å²) in [6.45, 7) is 0. The Morgan fingerprint density at radius 1 is 1.62 bits per heavy atom. The standard InChI is InChI=1S/C6H5F2N3O2/c7-6(8)4-1-5(11(12)13)3(9)2-10-4/h1-2,6H,9H2. The van der Waals surface area contributed by atoms with Crippen LogP contribution in [0.4, 0.5) is 20.2 Å². The minimum Gasteiger partial charge on any atom is -0.392 e. The average molecular weight is 189 g/mol. The molecule has 5 nitrogen and oxygen atoms in total. The molecule has 0 aliphatic rings. The van der Waals surface area contributed by atoms with E-state index < -0.39 is 22.7 Å². The van der Waals surface area contributed by atoms with E-state index in [0.717, 1.165) is 6.20 Å². The monoisotopic (exact) mass is 189 g/mol. The van der Waals surface area contributed by atoms with Gasteiger partial charge in [0.15, 0.2) is 0 Å². The lowest BCUT2D eigenvalue weighted by atomic mass is 10.3. The molecule has 0 fully saturated rings. The molecule has 0 aromatic carbocycles. The fourth-order valence-electron chi connectivity index (χ4n) is 0.748. The van der Waals surface area contributed by atoms with Crippen LogP contribution in [0.5, 0.6) is 0 Å². The third kappa shape index (κ3) is 1.86. The summed E-state index contributed by atoms with van der Waals surface area (Å²) in [6, 6.07) is 0.667. The number of nitro groups is 1. The summed E-state index contributed by atoms with van der Waals surface area (Å²) in [7, 11) is 0. The summed E-state index contributed by atoms with van der Waals surface area (Å²) in [5.74, 6) is 0. The van der Waals surface area contributed by atoms with Crippen molar-refractivity contribution in [1.29, 1.82) is 0 Å². The van der Waals surface area contributed by atoms with Gasteiger partial charge in [0.05, 0.1) is 11.1 Å². The number of alkyl halides is 2. The quantitative estimate of drug-likeness (QED) is 0.564. The molecule has 1 aromatic rings. The average Bonchev–Trinajstić information content (AvgIpc) is 2.04. The second-order valence-corrected chi connectivity index (χ2v) is 2.23. The zero-order valence-electron chi connectivity index (χ0n) is 6.28. The number of aromatic nitrogens is 1. The van der Waals surface area contributed by atoms with E-state index in [1.807, 2.05) is 0 Å². The van der Waals surface area contributed by atoms with E-state index in [1.165, 1.54) is 0 Å². The van der Waals surface area contributed by atoms with Gasteiger partial charge in [-0.1, -0.05) is 0 Å². The van der Waals surface area contributed by atoms with Crippen molar-refractivity contribution in [3.8, 4) is 0 Å². The van der Waals surface area contributed by atoms with Crippen LogP contribution >= 0.6 is 0 Å². The highest BCUT2D eigenvalue weighted by molar-refractivity contribution is 5.56. The molecule has 0 saturated heterocycles. The number of hydrogen-bond donors (Lipinski definition) is 1. The first-order valence-electron chi connectivity index (χ1n) is 3.20. The lowest BCUT2D eigenvalue weighted by molar-refractivity contribution is -0.384. The van der Waals surface area contributed by atoms with Crippen molar-refractivity contribution >= 4 is 11.4 Å². The Labute approximate surface area is 71.3 Å². The smallest absolute Gasteiger partial charge is 0.295 e. The molecule has 0 aliphatic heterocycles. The molecule has 13 heavy (non-hydrogen) atoms. The largest absolute Gasteiger partial charge is 0.392 e. The number of pyridine rings is 1. The second-order valence-electron chi connectivity index (χ2n) is 2.23. The number of nitrogens with zero attached hydrogens (tertiary/aromatic N) is 2. The van der Waals surface area contributed by atoms with Crippen LogP contribution in [-0.2, 0) is 0 Å². The molecular weight excluding hydrogens is 184 g/mol. The van der Waals surface area contributed by atoms with Crippen molar-refractivity contribution in [3.63, 3.8) is 0 Å². The van der Waals surface area contributed by atoms with Gasteiger partial charge in [-0.2, -0.15) is 0 Å². The van der Waals surface area contributed by atoms with Crippen molar-refractivity contribution in [2.24, 2.45) is 0 Å². The molecule has 2 N–H and O–H groups in total. The summed E-state index contributed by atoms with van der Waals surface area (Å²) < 4.78 is 24.0. The minimum absolute atomic E-state index is 0.227. The van der Waals surface area contributed by atoms with Gasteiger partial charge < -0.3 is 5.73 Å². The number of hydrogen-bond acceptors (Lipinski definition) is 4. The zero-order valence-corrected chi connectivity index (χ0v) is 6.28. The van der Waals surface area contributed by atoms with Crippen LogP contribution in [0.15, 0.2) is 12.3 Å². The molecule has 70 valence electrons. The molecule has 0 atom stereocenters. The molecule has 1 aromatic heterocycles. The van der Waals surface area contributed by atoms with Crippen LogP contribution in [0.25, 0.3) is 0 Å². The summed E-state index contributed by atoms with van der Waals surface area (Å²) in [4.78, 5) is 12.7. The predicted octanol–water partition coefficient (Wildman–Crippen LogP) is 1.51. The number of anilines is 1. The maximum atomic E-state index is 12.0. The Bertz CT molecular complexity index is 343. The molecule has 0 aliphatic carbocycles. The third-order valence-electron chi connectivity index (χ3n) is 1.35. The SMILES string of the molecule is Nc1cnc(C(F)F)cc1[N+](=O)[O-]. The van der Waals surface area contributed by atoms with E-state index >= 15 is 0 Å². The molecular formula is C6H5F2N3O2. The first kappa shape index (κ1) is 9.30. The topological polar surface area (TPSA) is 82.0 Å². The van der Waals surface area contributed by atoms with Crippen LogP contribution in [0, 0.1) is 10.1 Å². The van der Waals surface area contributed by atoms with Gasteiger partial charge in [-0.15, -0.1) is 0 Å². The first-order chi connectivity index (χ1) is 6.02. The minimum atomic E-state index is -2.83.